The second-order valence-electron chi connectivity index (χ2n) is 12.2. The number of nitriles is 1. The number of fused-ring (bicyclic) bond motifs is 1. The average Bonchev–Trinajstić information content (AvgIpc) is 3.84. The highest BCUT2D eigenvalue weighted by molar-refractivity contribution is 7.17. The van der Waals surface area contributed by atoms with Gasteiger partial charge in [0.15, 0.2) is 0 Å². The zero-order valence-corrected chi connectivity index (χ0v) is 27.5. The normalized spacial score (nSPS) is 16.8. The lowest BCUT2D eigenvalue weighted by Gasteiger charge is -2.34. The molecule has 1 aromatic heterocycles. The van der Waals surface area contributed by atoms with Crippen molar-refractivity contribution in [2.24, 2.45) is 0 Å². The van der Waals surface area contributed by atoms with Crippen LogP contribution in [0.3, 0.4) is 0 Å². The minimum absolute atomic E-state index is 0. The van der Waals surface area contributed by atoms with Crippen molar-refractivity contribution in [3.63, 3.8) is 0 Å². The highest BCUT2D eigenvalue weighted by Crippen LogP contribution is 2.48. The van der Waals surface area contributed by atoms with Gasteiger partial charge < -0.3 is 10.2 Å². The Hall–Kier alpha value is -3.27. The number of nitrogens with zero attached hydrogens (tertiary/aromatic N) is 3. The number of carbonyl (C=O) groups is 1. The van der Waals surface area contributed by atoms with Gasteiger partial charge in [-0.25, -0.2) is 4.98 Å². The minimum atomic E-state index is -0.0541. The number of thiazole rings is 1. The smallest absolute Gasteiger partial charge is 0.263 e. The minimum Gasteiger partial charge on any atom is -0.351 e. The number of rotatable bonds is 11. The first-order valence-electron chi connectivity index (χ1n) is 16.9. The van der Waals surface area contributed by atoms with Gasteiger partial charge in [-0.2, -0.15) is 5.26 Å². The van der Waals surface area contributed by atoms with Crippen molar-refractivity contribution in [2.45, 2.75) is 96.3 Å². The number of aryl methyl sites for hydroxylation is 1. The van der Waals surface area contributed by atoms with Crippen molar-refractivity contribution < 1.29 is 6.22 Å². The van der Waals surface area contributed by atoms with Gasteiger partial charge in [0, 0.05) is 20.0 Å². The number of carbonyl (C=O) groups excluding carboxylic acids is 1. The number of unbranched alkanes of at least 4 members (excludes halogenated alkanes) is 1. The first-order chi connectivity index (χ1) is 21.6. The second-order valence-corrected chi connectivity index (χ2v) is 13.2. The van der Waals surface area contributed by atoms with Gasteiger partial charge in [-0.3, -0.25) is 4.79 Å². The topological polar surface area (TPSA) is 69.0 Å². The molecule has 1 amide bonds. The lowest BCUT2D eigenvalue weighted by Crippen LogP contribution is -2.34. The molecular formula is C38H50N4OS. The quantitative estimate of drug-likeness (QED) is 0.174. The Morgan fingerprint density at radius 2 is 1.82 bits per heavy atom. The Labute approximate surface area is 269 Å². The molecule has 1 saturated carbocycles. The average molecular weight is 611 g/mol. The van der Waals surface area contributed by atoms with Crippen LogP contribution >= 0.6 is 11.3 Å². The van der Waals surface area contributed by atoms with E-state index in [4.69, 9.17) is 10.2 Å². The largest absolute Gasteiger partial charge is 0.351 e. The summed E-state index contributed by atoms with van der Waals surface area (Å²) >= 11 is 1.41. The molecule has 2 heterocycles. The van der Waals surface area contributed by atoms with Crippen LogP contribution in [0.1, 0.15) is 122 Å². The number of benzene rings is 2. The fourth-order valence-electron chi connectivity index (χ4n) is 6.91. The molecule has 5 nitrogen and oxygen atoms in total. The van der Waals surface area contributed by atoms with Gasteiger partial charge in [0.05, 0.1) is 17.3 Å². The van der Waals surface area contributed by atoms with E-state index in [0.717, 1.165) is 47.5 Å². The van der Waals surface area contributed by atoms with Gasteiger partial charge >= 0.3 is 0 Å². The fraction of sp³-hybridized carbons (Fsp3) is 0.500. The molecule has 1 saturated heterocycles. The van der Waals surface area contributed by atoms with Crippen LogP contribution in [0.25, 0.3) is 10.6 Å². The lowest BCUT2D eigenvalue weighted by atomic mass is 9.78. The van der Waals surface area contributed by atoms with E-state index in [1.54, 1.807) is 40.5 Å². The standard InChI is InChI=1S/C36H42N4OS.C2H6.H2/c1-2-7-32-34(42-36(39-32)29-12-10-25(24-37)11-13-29)35(41)38-20-5-6-21-40-22-18-27(19-23-40)31-17-16-26-8-3-4-9-30(26)33(31)28-14-15-28;1-2;/h2,10-13,16-17,27-28H,1,3-9,14-15,18-23H2,(H,38,41);1-2H3;1H. The zero-order valence-electron chi connectivity index (χ0n) is 26.7. The van der Waals surface area contributed by atoms with Gasteiger partial charge in [0.25, 0.3) is 5.91 Å². The summed E-state index contributed by atoms with van der Waals surface area (Å²) in [7, 11) is 0. The maximum atomic E-state index is 13.1. The number of aromatic nitrogens is 1. The summed E-state index contributed by atoms with van der Waals surface area (Å²) in [5.41, 5.74) is 9.16. The van der Waals surface area contributed by atoms with Crippen LogP contribution in [0, 0.1) is 11.3 Å². The molecule has 0 atom stereocenters. The number of piperidine rings is 1. The van der Waals surface area contributed by atoms with E-state index in [1.165, 1.54) is 75.8 Å². The molecular weight excluding hydrogens is 561 g/mol. The number of nitrogens with one attached hydrogen (secondary N) is 1. The monoisotopic (exact) mass is 610 g/mol. The van der Waals surface area contributed by atoms with E-state index in [9.17, 15) is 4.79 Å². The molecule has 3 aromatic rings. The number of hydrogen-bond acceptors (Lipinski definition) is 5. The summed E-state index contributed by atoms with van der Waals surface area (Å²) in [5, 5.41) is 13.0. The third-order valence-corrected chi connectivity index (χ3v) is 10.5. The van der Waals surface area contributed by atoms with E-state index in [2.05, 4.69) is 35.0 Å². The van der Waals surface area contributed by atoms with Crippen LogP contribution in [0.2, 0.25) is 0 Å². The van der Waals surface area contributed by atoms with E-state index in [1.807, 2.05) is 26.0 Å². The van der Waals surface area contributed by atoms with Crippen LogP contribution in [0.5, 0.6) is 0 Å². The molecule has 0 spiro atoms. The van der Waals surface area contributed by atoms with Crippen LogP contribution < -0.4 is 5.32 Å². The molecule has 6 heteroatoms. The van der Waals surface area contributed by atoms with Crippen molar-refractivity contribution in [2.75, 3.05) is 26.2 Å². The van der Waals surface area contributed by atoms with Crippen LogP contribution in [0.15, 0.2) is 49.1 Å². The predicted octanol–water partition coefficient (Wildman–Crippen LogP) is 8.83. The molecule has 44 heavy (non-hydrogen) atoms. The van der Waals surface area contributed by atoms with Crippen molar-refractivity contribution in [3.8, 4) is 16.6 Å². The molecule has 0 radical (unpaired) electrons. The highest BCUT2D eigenvalue weighted by Gasteiger charge is 2.33. The van der Waals surface area contributed by atoms with Gasteiger partial charge in [-0.05, 0) is 130 Å². The van der Waals surface area contributed by atoms with Crippen molar-refractivity contribution in [3.05, 3.63) is 87.4 Å². The molecule has 2 fully saturated rings. The summed E-state index contributed by atoms with van der Waals surface area (Å²) in [4.78, 5) is 21.1. The Morgan fingerprint density at radius 1 is 1.07 bits per heavy atom. The molecule has 2 aliphatic carbocycles. The van der Waals surface area contributed by atoms with Gasteiger partial charge in [-0.1, -0.05) is 44.2 Å². The molecule has 0 bridgehead atoms. The van der Waals surface area contributed by atoms with Crippen LogP contribution in [-0.4, -0.2) is 42.0 Å². The van der Waals surface area contributed by atoms with E-state index < -0.39 is 0 Å². The van der Waals surface area contributed by atoms with Crippen LogP contribution in [-0.2, 0) is 19.3 Å². The molecule has 1 N–H and O–H groups in total. The second kappa shape index (κ2) is 15.6. The van der Waals surface area contributed by atoms with Crippen molar-refractivity contribution >= 4 is 17.2 Å². The summed E-state index contributed by atoms with van der Waals surface area (Å²) in [6.07, 6.45) is 15.1. The summed E-state index contributed by atoms with van der Waals surface area (Å²) in [6, 6.07) is 14.5. The zero-order chi connectivity index (χ0) is 30.9. The van der Waals surface area contributed by atoms with Gasteiger partial charge in [0.1, 0.15) is 9.88 Å². The number of amides is 1. The molecule has 234 valence electrons. The van der Waals surface area contributed by atoms with Crippen LogP contribution in [0.4, 0.5) is 0 Å². The SMILES string of the molecule is C=CCc1nc(-c2ccc(C#N)cc2)sc1C(=O)NCCCCN1CCC(c2ccc3c(c2C2CC2)CCCC3)CC1.CC.[HH]. The Bertz CT molecular complexity index is 1460. The Morgan fingerprint density at radius 3 is 2.52 bits per heavy atom. The number of hydrogen-bond donors (Lipinski definition) is 1. The Kier molecular flexibility index (Phi) is 11.4. The summed E-state index contributed by atoms with van der Waals surface area (Å²) in [5.74, 6) is 1.52. The molecule has 6 rings (SSSR count). The predicted molar refractivity (Wildman–Crippen MR) is 185 cm³/mol. The first-order valence-corrected chi connectivity index (χ1v) is 17.7. The van der Waals surface area contributed by atoms with E-state index in [0.29, 0.717) is 23.4 Å². The third-order valence-electron chi connectivity index (χ3n) is 9.31. The maximum absolute atomic E-state index is 13.1. The summed E-state index contributed by atoms with van der Waals surface area (Å²) < 4.78 is 0. The maximum Gasteiger partial charge on any atom is 0.263 e. The fourth-order valence-corrected chi connectivity index (χ4v) is 7.92. The van der Waals surface area contributed by atoms with E-state index in [-0.39, 0.29) is 7.33 Å². The molecule has 0 unspecified atom stereocenters. The number of likely N-dealkylation sites (tertiary alicyclic amines) is 1. The lowest BCUT2D eigenvalue weighted by molar-refractivity contribution is 0.0955. The van der Waals surface area contributed by atoms with Gasteiger partial charge in [0.2, 0.25) is 0 Å². The summed E-state index contributed by atoms with van der Waals surface area (Å²) in [6.45, 7) is 12.0. The van der Waals surface area contributed by atoms with Crippen molar-refractivity contribution in [1.82, 2.24) is 15.2 Å². The molecule has 2 aromatic carbocycles. The Balaban J connectivity index is 0.00000151. The van der Waals surface area contributed by atoms with Gasteiger partial charge in [-0.15, -0.1) is 17.9 Å². The van der Waals surface area contributed by atoms with Crippen molar-refractivity contribution in [1.29, 1.82) is 5.26 Å². The van der Waals surface area contributed by atoms with E-state index >= 15 is 0 Å². The molecule has 1 aliphatic heterocycles. The molecule has 3 aliphatic rings. The number of allylic oxidation sites excluding steroid dienone is 1. The highest BCUT2D eigenvalue weighted by atomic mass is 32.1. The third kappa shape index (κ3) is 7.68. The first kappa shape index (κ1) is 32.1.